The Morgan fingerprint density at radius 1 is 1.23 bits per heavy atom. The fourth-order valence-electron chi connectivity index (χ4n) is 2.75. The molecule has 0 unspecified atom stereocenters. The predicted octanol–water partition coefficient (Wildman–Crippen LogP) is 3.68. The van der Waals surface area contributed by atoms with Gasteiger partial charge in [-0.1, -0.05) is 29.5 Å². The Morgan fingerprint density at radius 2 is 2.03 bits per heavy atom. The molecule has 1 N–H and O–H groups in total. The lowest BCUT2D eigenvalue weighted by atomic mass is 10.2. The van der Waals surface area contributed by atoms with Gasteiger partial charge in [-0.25, -0.2) is 4.79 Å². The number of thiazole rings is 1. The molecule has 1 amide bonds. The van der Waals surface area contributed by atoms with Crippen molar-refractivity contribution in [2.45, 2.75) is 18.4 Å². The summed E-state index contributed by atoms with van der Waals surface area (Å²) < 4.78 is 6.90. The van der Waals surface area contributed by atoms with Crippen molar-refractivity contribution in [3.63, 3.8) is 0 Å². The molecule has 0 atom stereocenters. The molecular formula is C22H19N3O4S2. The summed E-state index contributed by atoms with van der Waals surface area (Å²) in [6.07, 6.45) is 0. The number of thioether (sulfide) groups is 1. The monoisotopic (exact) mass is 453 g/mol. The smallest absolute Gasteiger partial charge is 0.339 e. The fourth-order valence-corrected chi connectivity index (χ4v) is 4.35. The van der Waals surface area contributed by atoms with Crippen LogP contribution in [0.1, 0.15) is 21.6 Å². The summed E-state index contributed by atoms with van der Waals surface area (Å²) in [6, 6.07) is 15.6. The highest BCUT2D eigenvalue weighted by atomic mass is 32.2. The van der Waals surface area contributed by atoms with Crippen LogP contribution in [0.15, 0.2) is 63.6 Å². The lowest BCUT2D eigenvalue weighted by Gasteiger charge is -2.10. The van der Waals surface area contributed by atoms with Crippen LogP contribution in [0.5, 0.6) is 0 Å². The van der Waals surface area contributed by atoms with Gasteiger partial charge < -0.3 is 10.1 Å². The molecule has 0 aliphatic heterocycles. The van der Waals surface area contributed by atoms with Crippen molar-refractivity contribution in [3.05, 3.63) is 80.4 Å². The Morgan fingerprint density at radius 3 is 2.77 bits per heavy atom. The quantitative estimate of drug-likeness (QED) is 0.412. The molecule has 1 heterocycles. The van der Waals surface area contributed by atoms with Gasteiger partial charge in [-0.2, -0.15) is 5.26 Å². The molecule has 0 spiro atoms. The molecule has 158 valence electrons. The molecule has 0 aliphatic rings. The normalized spacial score (nSPS) is 10.3. The molecule has 2 aromatic carbocycles. The molecule has 0 fully saturated rings. The number of carbonyl (C=O) groups excluding carboxylic acids is 2. The summed E-state index contributed by atoms with van der Waals surface area (Å²) in [5.41, 5.74) is 2.18. The molecule has 1 aromatic heterocycles. The number of nitrogens with one attached hydrogen (secondary N) is 1. The predicted molar refractivity (Wildman–Crippen MR) is 121 cm³/mol. The molecule has 0 aliphatic carbocycles. The van der Waals surface area contributed by atoms with E-state index in [9.17, 15) is 14.4 Å². The standard InChI is InChI=1S/C22H19N3O4S2/c1-15-13-31-22(28)25(15)9-10-29-21(27)18-7-2-3-8-19(18)30-14-20(26)24-17-6-4-5-16(11-17)12-23/h2-8,11,13H,9-10,14H2,1H3,(H,24,26). The van der Waals surface area contributed by atoms with Gasteiger partial charge in [0.25, 0.3) is 0 Å². The maximum Gasteiger partial charge on any atom is 0.339 e. The topological polar surface area (TPSA) is 101 Å². The Labute approximate surface area is 187 Å². The molecule has 3 rings (SSSR count). The highest BCUT2D eigenvalue weighted by Gasteiger charge is 2.15. The Bertz CT molecular complexity index is 1190. The highest BCUT2D eigenvalue weighted by molar-refractivity contribution is 8.00. The Hall–Kier alpha value is -3.35. The summed E-state index contributed by atoms with van der Waals surface area (Å²) in [7, 11) is 0. The van der Waals surface area contributed by atoms with E-state index in [1.807, 2.05) is 13.0 Å². The van der Waals surface area contributed by atoms with Crippen LogP contribution in [0.3, 0.4) is 0 Å². The minimum Gasteiger partial charge on any atom is -0.460 e. The molecule has 9 heteroatoms. The van der Waals surface area contributed by atoms with Crippen molar-refractivity contribution in [2.75, 3.05) is 17.7 Å². The summed E-state index contributed by atoms with van der Waals surface area (Å²) in [5.74, 6) is -0.674. The lowest BCUT2D eigenvalue weighted by Crippen LogP contribution is -2.20. The molecule has 0 saturated heterocycles. The largest absolute Gasteiger partial charge is 0.460 e. The minimum atomic E-state index is -0.508. The van der Waals surface area contributed by atoms with Gasteiger partial charge in [0.2, 0.25) is 5.91 Å². The first-order chi connectivity index (χ1) is 15.0. The molecule has 0 bridgehead atoms. The number of aryl methyl sites for hydroxylation is 1. The van der Waals surface area contributed by atoms with Gasteiger partial charge in [-0.3, -0.25) is 14.2 Å². The number of hydrogen-bond acceptors (Lipinski definition) is 7. The first-order valence-electron chi connectivity index (χ1n) is 9.32. The van der Waals surface area contributed by atoms with Gasteiger partial charge in [0, 0.05) is 21.7 Å². The number of benzene rings is 2. The second-order valence-electron chi connectivity index (χ2n) is 6.46. The molecule has 0 radical (unpaired) electrons. The zero-order valence-corrected chi connectivity index (χ0v) is 18.3. The second-order valence-corrected chi connectivity index (χ2v) is 8.29. The lowest BCUT2D eigenvalue weighted by molar-refractivity contribution is -0.113. The van der Waals surface area contributed by atoms with Crippen LogP contribution in [-0.2, 0) is 16.1 Å². The van der Waals surface area contributed by atoms with Crippen molar-refractivity contribution in [1.82, 2.24) is 4.57 Å². The van der Waals surface area contributed by atoms with Crippen molar-refractivity contribution in [2.24, 2.45) is 0 Å². The summed E-state index contributed by atoms with van der Waals surface area (Å²) in [6.45, 7) is 2.19. The van der Waals surface area contributed by atoms with Crippen molar-refractivity contribution < 1.29 is 14.3 Å². The van der Waals surface area contributed by atoms with E-state index in [1.54, 1.807) is 58.5 Å². The number of hydrogen-bond donors (Lipinski definition) is 1. The van der Waals surface area contributed by atoms with Gasteiger partial charge in [-0.05, 0) is 37.3 Å². The van der Waals surface area contributed by atoms with Gasteiger partial charge in [0.15, 0.2) is 0 Å². The first kappa shape index (κ1) is 22.3. The van der Waals surface area contributed by atoms with E-state index in [0.29, 0.717) is 28.3 Å². The van der Waals surface area contributed by atoms with Gasteiger partial charge >= 0.3 is 10.8 Å². The molecule has 3 aromatic rings. The van der Waals surface area contributed by atoms with Crippen molar-refractivity contribution in [3.8, 4) is 6.07 Å². The third-order valence-electron chi connectivity index (χ3n) is 4.27. The van der Waals surface area contributed by atoms with E-state index in [1.165, 1.54) is 11.8 Å². The van der Waals surface area contributed by atoms with Gasteiger partial charge in [0.1, 0.15) is 6.61 Å². The van der Waals surface area contributed by atoms with Gasteiger partial charge in [0.05, 0.1) is 29.5 Å². The van der Waals surface area contributed by atoms with Crippen LogP contribution in [0, 0.1) is 18.3 Å². The van der Waals surface area contributed by atoms with E-state index < -0.39 is 5.97 Å². The second kappa shape index (κ2) is 10.6. The number of amides is 1. The average molecular weight is 454 g/mol. The van der Waals surface area contributed by atoms with E-state index in [-0.39, 0.29) is 23.1 Å². The van der Waals surface area contributed by atoms with E-state index in [2.05, 4.69) is 5.32 Å². The zero-order chi connectivity index (χ0) is 22.2. The van der Waals surface area contributed by atoms with Crippen LogP contribution >= 0.6 is 23.1 Å². The van der Waals surface area contributed by atoms with Crippen LogP contribution in [0.2, 0.25) is 0 Å². The third-order valence-corrected chi connectivity index (χ3v) is 6.22. The Kier molecular flexibility index (Phi) is 7.65. The van der Waals surface area contributed by atoms with Crippen LogP contribution < -0.4 is 10.2 Å². The summed E-state index contributed by atoms with van der Waals surface area (Å²) in [5, 5.41) is 13.4. The van der Waals surface area contributed by atoms with Crippen molar-refractivity contribution >= 4 is 40.7 Å². The average Bonchev–Trinajstić information content (AvgIpc) is 3.10. The van der Waals surface area contributed by atoms with Crippen LogP contribution in [0.4, 0.5) is 5.69 Å². The van der Waals surface area contributed by atoms with Crippen LogP contribution in [-0.4, -0.2) is 28.8 Å². The number of esters is 1. The maximum absolute atomic E-state index is 12.5. The fraction of sp³-hybridized carbons (Fsp3) is 0.182. The highest BCUT2D eigenvalue weighted by Crippen LogP contribution is 2.24. The summed E-state index contributed by atoms with van der Waals surface area (Å²) in [4.78, 5) is 37.1. The first-order valence-corrected chi connectivity index (χ1v) is 11.2. The molecular weight excluding hydrogens is 434 g/mol. The zero-order valence-electron chi connectivity index (χ0n) is 16.7. The number of ether oxygens (including phenoxy) is 1. The van der Waals surface area contributed by atoms with E-state index in [4.69, 9.17) is 10.00 Å². The minimum absolute atomic E-state index is 0.0744. The van der Waals surface area contributed by atoms with Crippen LogP contribution in [0.25, 0.3) is 0 Å². The third kappa shape index (κ3) is 6.07. The number of anilines is 1. The molecule has 7 nitrogen and oxygen atoms in total. The van der Waals surface area contributed by atoms with E-state index in [0.717, 1.165) is 17.0 Å². The number of carbonyl (C=O) groups is 2. The van der Waals surface area contributed by atoms with Crippen molar-refractivity contribution in [1.29, 1.82) is 5.26 Å². The number of nitriles is 1. The van der Waals surface area contributed by atoms with Gasteiger partial charge in [-0.15, -0.1) is 11.8 Å². The summed E-state index contributed by atoms with van der Waals surface area (Å²) >= 11 is 2.33. The maximum atomic E-state index is 12.5. The number of rotatable bonds is 8. The SMILES string of the molecule is Cc1csc(=O)n1CCOC(=O)c1ccccc1SCC(=O)Nc1cccc(C#N)c1. The number of aromatic nitrogens is 1. The van der Waals surface area contributed by atoms with E-state index >= 15 is 0 Å². The Balaban J connectivity index is 1.56. The molecule has 31 heavy (non-hydrogen) atoms. The molecule has 0 saturated carbocycles. The number of nitrogens with zero attached hydrogens (tertiary/aromatic N) is 2.